The second kappa shape index (κ2) is 36.0. The minimum atomic E-state index is -5.08. The number of aliphatic carboxylic acids is 4. The van der Waals surface area contributed by atoms with Crippen molar-refractivity contribution in [2.75, 3.05) is 13.1 Å². The van der Waals surface area contributed by atoms with E-state index in [-0.39, 0.29) is 32.2 Å². The number of aliphatic hydroxyl groups is 1. The molecule has 1 aromatic carbocycles. The highest BCUT2D eigenvalue weighted by molar-refractivity contribution is 6.00. The van der Waals surface area contributed by atoms with Crippen LogP contribution in [-0.2, 0) is 68.7 Å². The number of nitrogens with two attached hydrogens (primary N) is 2. The lowest BCUT2D eigenvalue weighted by Gasteiger charge is -2.26. The van der Waals surface area contributed by atoms with Crippen molar-refractivity contribution in [3.05, 3.63) is 36.0 Å². The fraction of sp³-hybridized carbons (Fsp3) is 0.571. The van der Waals surface area contributed by atoms with Crippen LogP contribution in [0.2, 0.25) is 0 Å². The van der Waals surface area contributed by atoms with Gasteiger partial charge in [-0.15, -0.1) is 0 Å². The van der Waals surface area contributed by atoms with E-state index < -0.39 is 157 Å². The third-order valence-corrected chi connectivity index (χ3v) is 11.6. The van der Waals surface area contributed by atoms with Crippen LogP contribution in [0.3, 0.4) is 0 Å². The number of carbonyl (C=O) groups excluding carboxylic acids is 9. The van der Waals surface area contributed by atoms with Crippen molar-refractivity contribution in [3.63, 3.8) is 0 Å². The van der Waals surface area contributed by atoms with E-state index in [4.69, 9.17) is 26.5 Å². The third kappa shape index (κ3) is 27.8. The lowest BCUT2D eigenvalue weighted by atomic mass is 10.0. The molecule has 0 aliphatic heterocycles. The standard InChI is InChI=1S/C47H71N11O16.C2HF3O2/c1-4-5-6-7-8-9-10-17-36(61)54-31(19-27-23-50-29-15-12-11-14-28(27)29)43(69)55-32(20-35(49)60)44(70)57-34(22-39(65)66)45(71)58-40(26(3)59)46(72)51-24-37(62)53-30(16-13-18-48)41(67)56-33(21-38(63)64)42(68)52-25(2)47(73)74;3-2(4,5)1(6)7/h11-12,14-15,23,25-26,30-34,40,50,59H,4-10,13,16-22,24,48H2,1-3H3,(H2,49,60)(H,51,72)(H,52,68)(H,53,62)(H,54,61)(H,55,69)(H,56,67)(H,57,70)(H,58,71)(H,63,64)(H,65,66)(H,73,74);(H,6,7)/t25-,26-,30+,31+,32-,33+,34+,40?;/m1./s1. The predicted octanol–water partition coefficient (Wildman–Crippen LogP) is -1.96. The van der Waals surface area contributed by atoms with Gasteiger partial charge in [-0.05, 0) is 51.3 Å². The number of nitrogens with one attached hydrogen (secondary N) is 9. The Labute approximate surface area is 461 Å². The smallest absolute Gasteiger partial charge is 0.481 e. The Morgan fingerprint density at radius 1 is 0.605 bits per heavy atom. The Hall–Kier alpha value is -8.42. The van der Waals surface area contributed by atoms with Gasteiger partial charge < -0.3 is 84.5 Å². The molecular weight excluding hydrogens is 1090 g/mol. The van der Waals surface area contributed by atoms with Gasteiger partial charge in [-0.2, -0.15) is 13.2 Å². The van der Waals surface area contributed by atoms with Crippen molar-refractivity contribution in [1.82, 2.24) is 47.5 Å². The van der Waals surface area contributed by atoms with Gasteiger partial charge >= 0.3 is 30.1 Å². The summed E-state index contributed by atoms with van der Waals surface area (Å²) in [6.45, 7) is 3.33. The van der Waals surface area contributed by atoms with Gasteiger partial charge in [0.2, 0.25) is 53.2 Å². The fourth-order valence-corrected chi connectivity index (χ4v) is 7.38. The first kappa shape index (κ1) is 70.6. The van der Waals surface area contributed by atoms with E-state index >= 15 is 0 Å². The number of carbonyl (C=O) groups is 13. The normalized spacial score (nSPS) is 14.0. The van der Waals surface area contributed by atoms with E-state index in [0.717, 1.165) is 63.3 Å². The van der Waals surface area contributed by atoms with Gasteiger partial charge in [0.15, 0.2) is 0 Å². The molecule has 1 heterocycles. The maximum Gasteiger partial charge on any atom is 0.490 e. The lowest BCUT2D eigenvalue weighted by molar-refractivity contribution is -0.192. The molecule has 0 aliphatic rings. The number of hydrogen-bond acceptors (Lipinski definition) is 15. The van der Waals surface area contributed by atoms with Gasteiger partial charge in [-0.25, -0.2) is 4.79 Å². The molecule has 8 atom stereocenters. The number of alkyl halides is 3. The summed E-state index contributed by atoms with van der Waals surface area (Å²) in [5, 5.41) is 64.4. The number of fused-ring (bicyclic) bond motifs is 1. The molecule has 0 saturated carbocycles. The molecule has 1 unspecified atom stereocenters. The fourth-order valence-electron chi connectivity index (χ4n) is 7.38. The monoisotopic (exact) mass is 1160 g/mol. The van der Waals surface area contributed by atoms with E-state index in [1.807, 2.05) is 5.32 Å². The first-order valence-corrected chi connectivity index (χ1v) is 25.5. The summed E-state index contributed by atoms with van der Waals surface area (Å²) in [5.74, 6) is -17.0. The average Bonchev–Trinajstić information content (AvgIpc) is 3.78. The summed E-state index contributed by atoms with van der Waals surface area (Å²) < 4.78 is 31.7. The summed E-state index contributed by atoms with van der Waals surface area (Å²) in [7, 11) is 0. The predicted molar refractivity (Wildman–Crippen MR) is 276 cm³/mol. The minimum absolute atomic E-state index is 0.0110. The molecule has 2 aromatic rings. The molecule has 29 nitrogen and oxygen atoms in total. The van der Waals surface area contributed by atoms with Gasteiger partial charge in [0.1, 0.15) is 42.3 Å². The van der Waals surface area contributed by atoms with Crippen LogP contribution in [0, 0.1) is 0 Å². The number of H-pyrrole nitrogens is 1. The van der Waals surface area contributed by atoms with Crippen LogP contribution in [0.1, 0.15) is 110 Å². The molecule has 0 saturated heterocycles. The van der Waals surface area contributed by atoms with Gasteiger partial charge in [-0.3, -0.25) is 57.5 Å². The number of carboxylic acid groups (broad SMARTS) is 4. The van der Waals surface area contributed by atoms with Crippen molar-refractivity contribution in [1.29, 1.82) is 0 Å². The summed E-state index contributed by atoms with van der Waals surface area (Å²) in [5.41, 5.74) is 12.4. The molecule has 0 spiro atoms. The zero-order valence-corrected chi connectivity index (χ0v) is 44.7. The Bertz CT molecular complexity index is 2510. The molecule has 0 fully saturated rings. The zero-order valence-electron chi connectivity index (χ0n) is 44.7. The molecule has 452 valence electrons. The van der Waals surface area contributed by atoms with E-state index in [1.165, 1.54) is 0 Å². The SMILES string of the molecule is CCCCCCCCCC(=O)N[C@@H](Cc1c[nH]c2ccccc12)C(=O)N[C@H](CC(N)=O)C(=O)N[C@@H](CC(=O)O)C(=O)NC(C(=O)NCC(=O)N[C@@H](CCCN)C(=O)N[C@@H](CC(=O)O)C(=O)N[C@H](C)C(=O)O)[C@@H](C)O.O=C(O)C(F)(F)F. The molecule has 18 N–H and O–H groups in total. The molecule has 0 aliphatic carbocycles. The van der Waals surface area contributed by atoms with E-state index in [1.54, 1.807) is 30.5 Å². The number of aromatic amines is 1. The van der Waals surface area contributed by atoms with E-state index in [2.05, 4.69) is 49.1 Å². The number of carboxylic acids is 4. The van der Waals surface area contributed by atoms with Crippen LogP contribution in [0.4, 0.5) is 13.2 Å². The summed E-state index contributed by atoms with van der Waals surface area (Å²) >= 11 is 0. The maximum atomic E-state index is 14.0. The van der Waals surface area contributed by atoms with Crippen molar-refractivity contribution in [2.45, 2.75) is 165 Å². The Balaban J connectivity index is 0.00000437. The van der Waals surface area contributed by atoms with Crippen molar-refractivity contribution in [2.24, 2.45) is 11.5 Å². The van der Waals surface area contributed by atoms with Crippen molar-refractivity contribution >= 4 is 87.9 Å². The molecule has 0 radical (unpaired) electrons. The second-order valence-electron chi connectivity index (χ2n) is 18.5. The van der Waals surface area contributed by atoms with E-state index in [0.29, 0.717) is 12.0 Å². The molecule has 1 aromatic heterocycles. The third-order valence-electron chi connectivity index (χ3n) is 11.6. The lowest BCUT2D eigenvalue weighted by Crippen LogP contribution is -2.61. The Morgan fingerprint density at radius 2 is 1.09 bits per heavy atom. The highest BCUT2D eigenvalue weighted by Gasteiger charge is 2.39. The number of unbranched alkanes of at least 4 members (excludes halogenated alkanes) is 6. The number of aliphatic hydroxyl groups excluding tert-OH is 1. The first-order valence-electron chi connectivity index (χ1n) is 25.5. The number of hydrogen-bond donors (Lipinski definition) is 16. The van der Waals surface area contributed by atoms with Crippen LogP contribution in [0.25, 0.3) is 10.9 Å². The van der Waals surface area contributed by atoms with Crippen LogP contribution in [0.5, 0.6) is 0 Å². The van der Waals surface area contributed by atoms with Crippen molar-refractivity contribution in [3.8, 4) is 0 Å². The van der Waals surface area contributed by atoms with Crippen molar-refractivity contribution < 1.29 is 101 Å². The molecule has 0 bridgehead atoms. The zero-order chi connectivity index (χ0) is 61.6. The number of para-hydroxylation sites is 1. The minimum Gasteiger partial charge on any atom is -0.481 e. The second-order valence-corrected chi connectivity index (χ2v) is 18.5. The summed E-state index contributed by atoms with van der Waals surface area (Å²) in [4.78, 5) is 166. The quantitative estimate of drug-likeness (QED) is 0.0330. The number of rotatable bonds is 36. The Kier molecular flexibility index (Phi) is 31.3. The van der Waals surface area contributed by atoms with Crippen LogP contribution in [-0.4, -0.2) is 175 Å². The molecule has 2 rings (SSSR count). The summed E-state index contributed by atoms with van der Waals surface area (Å²) in [6.07, 6.45) is -1.63. The number of benzene rings is 1. The van der Waals surface area contributed by atoms with E-state index in [9.17, 15) is 86.0 Å². The van der Waals surface area contributed by atoms with Crippen LogP contribution >= 0.6 is 0 Å². The van der Waals surface area contributed by atoms with Crippen LogP contribution < -0.4 is 54.0 Å². The van der Waals surface area contributed by atoms with Crippen LogP contribution in [0.15, 0.2) is 30.5 Å². The molecule has 81 heavy (non-hydrogen) atoms. The van der Waals surface area contributed by atoms with Gasteiger partial charge in [-0.1, -0.05) is 63.6 Å². The molecule has 9 amide bonds. The first-order chi connectivity index (χ1) is 37.9. The highest BCUT2D eigenvalue weighted by atomic mass is 19.4. The Morgan fingerprint density at radius 3 is 1.59 bits per heavy atom. The van der Waals surface area contributed by atoms with Gasteiger partial charge in [0.25, 0.3) is 0 Å². The summed E-state index contributed by atoms with van der Waals surface area (Å²) in [6, 6.07) is -4.66. The largest absolute Gasteiger partial charge is 0.490 e. The topological polar surface area (TPSA) is 487 Å². The van der Waals surface area contributed by atoms with Gasteiger partial charge in [0.05, 0.1) is 31.9 Å². The average molecular weight is 1160 g/mol. The molecular formula is C49H72F3N11O18. The highest BCUT2D eigenvalue weighted by Crippen LogP contribution is 2.20. The van der Waals surface area contributed by atoms with Gasteiger partial charge in [0, 0.05) is 29.9 Å². The number of aromatic nitrogens is 1. The number of amides is 9. The number of halogens is 3. The molecule has 32 heteroatoms. The number of primary amides is 1. The maximum absolute atomic E-state index is 14.0.